The minimum atomic E-state index is -0.510. The summed E-state index contributed by atoms with van der Waals surface area (Å²) in [5.74, 6) is -0.765. The van der Waals surface area contributed by atoms with Gasteiger partial charge in [-0.25, -0.2) is 0 Å². The van der Waals surface area contributed by atoms with Crippen molar-refractivity contribution in [2.24, 2.45) is 11.7 Å². The zero-order valence-electron chi connectivity index (χ0n) is 14.1. The SMILES string of the molecule is CNC(=O)C1CCCN1C(=O)CNC(=O)C1CCCCC1(C)N. The van der Waals surface area contributed by atoms with Crippen LogP contribution in [0.3, 0.4) is 0 Å². The average molecular weight is 324 g/mol. The van der Waals surface area contributed by atoms with Crippen molar-refractivity contribution in [2.45, 2.75) is 57.0 Å². The Balaban J connectivity index is 1.88. The molecule has 2 fully saturated rings. The maximum atomic E-state index is 12.4. The highest BCUT2D eigenvalue weighted by Gasteiger charge is 2.38. The van der Waals surface area contributed by atoms with Crippen molar-refractivity contribution in [3.8, 4) is 0 Å². The van der Waals surface area contributed by atoms with Gasteiger partial charge in [0, 0.05) is 19.1 Å². The summed E-state index contributed by atoms with van der Waals surface area (Å²) in [6.45, 7) is 2.39. The smallest absolute Gasteiger partial charge is 0.242 e. The van der Waals surface area contributed by atoms with Gasteiger partial charge >= 0.3 is 0 Å². The van der Waals surface area contributed by atoms with Crippen LogP contribution in [0.25, 0.3) is 0 Å². The predicted octanol–water partition coefficient (Wildman–Crippen LogP) is -0.253. The monoisotopic (exact) mass is 324 g/mol. The summed E-state index contributed by atoms with van der Waals surface area (Å²) in [4.78, 5) is 38.0. The van der Waals surface area contributed by atoms with Gasteiger partial charge in [0.2, 0.25) is 17.7 Å². The van der Waals surface area contributed by atoms with Crippen LogP contribution in [0.15, 0.2) is 0 Å². The Morgan fingerprint density at radius 1 is 1.17 bits per heavy atom. The van der Waals surface area contributed by atoms with Crippen LogP contribution in [0.2, 0.25) is 0 Å². The third-order valence-corrected chi connectivity index (χ3v) is 5.11. The molecule has 0 aromatic carbocycles. The molecule has 0 spiro atoms. The van der Waals surface area contributed by atoms with Gasteiger partial charge in [-0.15, -0.1) is 0 Å². The Kier molecular flexibility index (Phi) is 5.62. The number of nitrogens with two attached hydrogens (primary N) is 1. The molecule has 1 aliphatic heterocycles. The van der Waals surface area contributed by atoms with Crippen LogP contribution < -0.4 is 16.4 Å². The zero-order valence-corrected chi connectivity index (χ0v) is 14.1. The van der Waals surface area contributed by atoms with Gasteiger partial charge in [0.05, 0.1) is 12.5 Å². The van der Waals surface area contributed by atoms with E-state index in [1.54, 1.807) is 11.9 Å². The van der Waals surface area contributed by atoms with E-state index in [1.807, 2.05) is 6.92 Å². The number of nitrogens with one attached hydrogen (secondary N) is 2. The fourth-order valence-corrected chi connectivity index (χ4v) is 3.68. The lowest BCUT2D eigenvalue weighted by atomic mass is 9.74. The molecule has 23 heavy (non-hydrogen) atoms. The standard InChI is InChI=1S/C16H28N4O3/c1-16(17)8-4-3-6-11(16)14(22)19-10-13(21)20-9-5-7-12(20)15(23)18-2/h11-12H,3-10,17H2,1-2H3,(H,18,23)(H,19,22). The lowest BCUT2D eigenvalue weighted by molar-refractivity contribution is -0.139. The summed E-state index contributed by atoms with van der Waals surface area (Å²) < 4.78 is 0. The van der Waals surface area contributed by atoms with Crippen LogP contribution >= 0.6 is 0 Å². The van der Waals surface area contributed by atoms with E-state index in [0.717, 1.165) is 32.1 Å². The maximum absolute atomic E-state index is 12.4. The van der Waals surface area contributed by atoms with Crippen LogP contribution in [0, 0.1) is 5.92 Å². The molecule has 0 bridgehead atoms. The highest BCUT2D eigenvalue weighted by atomic mass is 16.2. The number of hydrogen-bond donors (Lipinski definition) is 3. The van der Waals surface area contributed by atoms with Gasteiger partial charge in [0.25, 0.3) is 0 Å². The first-order chi connectivity index (χ1) is 10.9. The van der Waals surface area contributed by atoms with Gasteiger partial charge in [-0.1, -0.05) is 12.8 Å². The molecule has 3 unspecified atom stereocenters. The number of rotatable bonds is 4. The zero-order chi connectivity index (χ0) is 17.0. The van der Waals surface area contributed by atoms with Gasteiger partial charge in [-0.05, 0) is 32.6 Å². The van der Waals surface area contributed by atoms with Gasteiger partial charge in [-0.3, -0.25) is 14.4 Å². The number of amides is 3. The molecular formula is C16H28N4O3. The number of nitrogens with zero attached hydrogens (tertiary/aromatic N) is 1. The lowest BCUT2D eigenvalue weighted by Crippen LogP contribution is -2.54. The van der Waals surface area contributed by atoms with Gasteiger partial charge in [0.15, 0.2) is 0 Å². The summed E-state index contributed by atoms with van der Waals surface area (Å²) >= 11 is 0. The third kappa shape index (κ3) is 4.02. The predicted molar refractivity (Wildman–Crippen MR) is 86.4 cm³/mol. The van der Waals surface area contributed by atoms with Crippen molar-refractivity contribution in [3.05, 3.63) is 0 Å². The van der Waals surface area contributed by atoms with Crippen molar-refractivity contribution < 1.29 is 14.4 Å². The van der Waals surface area contributed by atoms with Crippen LogP contribution in [0.1, 0.15) is 45.4 Å². The normalized spacial score (nSPS) is 30.8. The molecular weight excluding hydrogens is 296 g/mol. The first-order valence-electron chi connectivity index (χ1n) is 8.44. The second-order valence-electron chi connectivity index (χ2n) is 6.88. The molecule has 0 aromatic rings. The average Bonchev–Trinajstić information content (AvgIpc) is 3.00. The Morgan fingerprint density at radius 2 is 1.91 bits per heavy atom. The molecule has 7 nitrogen and oxygen atoms in total. The minimum absolute atomic E-state index is 0.0705. The molecule has 0 radical (unpaired) electrons. The summed E-state index contributed by atoms with van der Waals surface area (Å²) in [7, 11) is 1.57. The van der Waals surface area contributed by atoms with Crippen LogP contribution in [-0.2, 0) is 14.4 Å². The molecule has 7 heteroatoms. The van der Waals surface area contributed by atoms with Crippen molar-refractivity contribution in [1.82, 2.24) is 15.5 Å². The summed E-state index contributed by atoms with van der Waals surface area (Å²) in [5.41, 5.74) is 5.71. The van der Waals surface area contributed by atoms with E-state index in [2.05, 4.69) is 10.6 Å². The molecule has 3 atom stereocenters. The molecule has 0 aromatic heterocycles. The Bertz CT molecular complexity index is 478. The van der Waals surface area contributed by atoms with Crippen molar-refractivity contribution >= 4 is 17.7 Å². The molecule has 1 saturated heterocycles. The highest BCUT2D eigenvalue weighted by molar-refractivity contribution is 5.91. The molecule has 1 saturated carbocycles. The first kappa shape index (κ1) is 17.7. The molecule has 1 aliphatic carbocycles. The number of likely N-dealkylation sites (tertiary alicyclic amines) is 1. The Morgan fingerprint density at radius 3 is 2.57 bits per heavy atom. The van der Waals surface area contributed by atoms with E-state index in [4.69, 9.17) is 5.73 Å². The number of likely N-dealkylation sites (N-methyl/N-ethyl adjacent to an activating group) is 1. The third-order valence-electron chi connectivity index (χ3n) is 5.11. The topological polar surface area (TPSA) is 105 Å². The highest BCUT2D eigenvalue weighted by Crippen LogP contribution is 2.31. The van der Waals surface area contributed by atoms with Crippen LogP contribution in [0.5, 0.6) is 0 Å². The van der Waals surface area contributed by atoms with E-state index in [1.165, 1.54) is 0 Å². The lowest BCUT2D eigenvalue weighted by Gasteiger charge is -2.37. The van der Waals surface area contributed by atoms with Gasteiger partial charge < -0.3 is 21.3 Å². The fraction of sp³-hybridized carbons (Fsp3) is 0.812. The fourth-order valence-electron chi connectivity index (χ4n) is 3.68. The van der Waals surface area contributed by atoms with Gasteiger partial charge in [-0.2, -0.15) is 0 Å². The second-order valence-corrected chi connectivity index (χ2v) is 6.88. The van der Waals surface area contributed by atoms with E-state index < -0.39 is 11.6 Å². The Labute approximate surface area is 137 Å². The largest absolute Gasteiger partial charge is 0.357 e. The summed E-state index contributed by atoms with van der Waals surface area (Å²) in [6.07, 6.45) is 5.09. The van der Waals surface area contributed by atoms with Crippen LogP contribution in [-0.4, -0.2) is 54.3 Å². The Hall–Kier alpha value is -1.63. The van der Waals surface area contributed by atoms with E-state index >= 15 is 0 Å². The molecule has 2 rings (SSSR count). The first-order valence-corrected chi connectivity index (χ1v) is 8.44. The number of carbonyl (C=O) groups is 3. The van der Waals surface area contributed by atoms with Crippen molar-refractivity contribution in [3.63, 3.8) is 0 Å². The minimum Gasteiger partial charge on any atom is -0.357 e. The molecule has 4 N–H and O–H groups in total. The summed E-state index contributed by atoms with van der Waals surface area (Å²) in [5, 5.41) is 5.30. The molecule has 1 heterocycles. The van der Waals surface area contributed by atoms with E-state index in [-0.39, 0.29) is 30.2 Å². The number of carbonyl (C=O) groups excluding carboxylic acids is 3. The van der Waals surface area contributed by atoms with Crippen LogP contribution in [0.4, 0.5) is 0 Å². The molecule has 130 valence electrons. The van der Waals surface area contributed by atoms with Crippen molar-refractivity contribution in [1.29, 1.82) is 0 Å². The quantitative estimate of drug-likeness (QED) is 0.663. The van der Waals surface area contributed by atoms with Crippen molar-refractivity contribution in [2.75, 3.05) is 20.1 Å². The number of hydrogen-bond acceptors (Lipinski definition) is 4. The van der Waals surface area contributed by atoms with E-state index in [9.17, 15) is 14.4 Å². The molecule has 2 aliphatic rings. The van der Waals surface area contributed by atoms with Gasteiger partial charge in [0.1, 0.15) is 6.04 Å². The second kappa shape index (κ2) is 7.29. The summed E-state index contributed by atoms with van der Waals surface area (Å²) in [6, 6.07) is -0.418. The van der Waals surface area contributed by atoms with E-state index in [0.29, 0.717) is 13.0 Å². The molecule has 3 amide bonds. The maximum Gasteiger partial charge on any atom is 0.242 e.